The van der Waals surface area contributed by atoms with Crippen molar-refractivity contribution < 1.29 is 17.9 Å². The van der Waals surface area contributed by atoms with Crippen molar-refractivity contribution in [3.63, 3.8) is 0 Å². The minimum atomic E-state index is -3.10. The van der Waals surface area contributed by atoms with Gasteiger partial charge in [-0.25, -0.2) is 19.0 Å². The number of halogens is 4. The molecule has 4 rings (SSSR count). The molecule has 32 heavy (non-hydrogen) atoms. The second-order valence-electron chi connectivity index (χ2n) is 6.82. The molecular weight excluding hydrogens is 447 g/mol. The molecule has 166 valence electrons. The molecule has 3 heterocycles. The van der Waals surface area contributed by atoms with Crippen molar-refractivity contribution in [2.75, 3.05) is 5.32 Å². The summed E-state index contributed by atoms with van der Waals surface area (Å²) in [5.41, 5.74) is 2.02. The molecule has 0 fully saturated rings. The largest absolute Gasteiger partial charge is 0.428 e. The molecule has 0 aliphatic carbocycles. The Hall–Kier alpha value is -3.60. The number of benzene rings is 1. The van der Waals surface area contributed by atoms with Crippen LogP contribution < -0.4 is 10.1 Å². The van der Waals surface area contributed by atoms with Gasteiger partial charge < -0.3 is 10.1 Å². The van der Waals surface area contributed by atoms with E-state index >= 15 is 0 Å². The molecule has 0 atom stereocenters. The van der Waals surface area contributed by atoms with Crippen LogP contribution in [0.2, 0.25) is 5.02 Å². The van der Waals surface area contributed by atoms with Crippen LogP contribution in [0.4, 0.5) is 24.8 Å². The molecule has 1 N–H and O–H groups in total. The predicted molar refractivity (Wildman–Crippen MR) is 112 cm³/mol. The van der Waals surface area contributed by atoms with E-state index in [4.69, 9.17) is 16.3 Å². The van der Waals surface area contributed by atoms with Gasteiger partial charge in [0.15, 0.2) is 17.4 Å². The molecule has 0 spiro atoms. The molecular formula is C20H17ClF3N7O. The van der Waals surface area contributed by atoms with E-state index in [-0.39, 0.29) is 23.1 Å². The normalized spacial score (nSPS) is 11.2. The van der Waals surface area contributed by atoms with Gasteiger partial charge in [-0.1, -0.05) is 11.6 Å². The van der Waals surface area contributed by atoms with Crippen LogP contribution >= 0.6 is 11.6 Å². The maximum absolute atomic E-state index is 13.3. The Balaban J connectivity index is 1.74. The second-order valence-corrected chi connectivity index (χ2v) is 7.20. The molecule has 12 heteroatoms. The number of aryl methyl sites for hydroxylation is 2. The van der Waals surface area contributed by atoms with Gasteiger partial charge in [0, 0.05) is 18.7 Å². The van der Waals surface area contributed by atoms with Crippen LogP contribution in [0.5, 0.6) is 5.75 Å². The molecule has 0 aliphatic rings. The third kappa shape index (κ3) is 4.11. The number of ether oxygens (including phenoxy) is 1. The molecule has 0 saturated carbocycles. The van der Waals surface area contributed by atoms with Crippen molar-refractivity contribution in [2.45, 2.75) is 20.5 Å². The van der Waals surface area contributed by atoms with Gasteiger partial charge >= 0.3 is 6.61 Å². The number of hydrogen-bond acceptors (Lipinski definition) is 6. The smallest absolute Gasteiger partial charge is 0.387 e. The molecule has 0 aliphatic heterocycles. The fourth-order valence-electron chi connectivity index (χ4n) is 3.21. The average Bonchev–Trinajstić information content (AvgIpc) is 3.19. The second kappa shape index (κ2) is 8.50. The highest BCUT2D eigenvalue weighted by atomic mass is 35.5. The first-order chi connectivity index (χ1) is 15.2. The molecule has 0 saturated heterocycles. The van der Waals surface area contributed by atoms with Crippen LogP contribution in [-0.2, 0) is 7.05 Å². The molecule has 0 bridgehead atoms. The molecule has 3 aromatic heterocycles. The first-order valence-electron chi connectivity index (χ1n) is 9.33. The number of anilines is 2. The Bertz CT molecular complexity index is 1270. The van der Waals surface area contributed by atoms with Crippen LogP contribution in [0.25, 0.3) is 17.1 Å². The highest BCUT2D eigenvalue weighted by Crippen LogP contribution is 2.38. The summed E-state index contributed by atoms with van der Waals surface area (Å²) in [6, 6.07) is 6.90. The zero-order valence-electron chi connectivity index (χ0n) is 17.1. The summed E-state index contributed by atoms with van der Waals surface area (Å²) in [7, 11) is 1.56. The lowest BCUT2D eigenvalue weighted by Crippen LogP contribution is -2.06. The van der Waals surface area contributed by atoms with Gasteiger partial charge in [0.05, 0.1) is 16.4 Å². The lowest BCUT2D eigenvalue weighted by Gasteiger charge is -2.10. The van der Waals surface area contributed by atoms with Crippen molar-refractivity contribution in [2.24, 2.45) is 7.05 Å². The minimum absolute atomic E-state index is 0.00294. The number of nitrogens with zero attached hydrogens (tertiary/aromatic N) is 6. The van der Waals surface area contributed by atoms with E-state index in [9.17, 15) is 13.2 Å². The molecule has 8 nitrogen and oxygen atoms in total. The third-order valence-electron chi connectivity index (χ3n) is 4.65. The van der Waals surface area contributed by atoms with Crippen molar-refractivity contribution >= 4 is 23.2 Å². The van der Waals surface area contributed by atoms with Gasteiger partial charge in [-0.05, 0) is 38.1 Å². The number of alkyl halides is 2. The Morgan fingerprint density at radius 3 is 2.44 bits per heavy atom. The summed E-state index contributed by atoms with van der Waals surface area (Å²) in [6.07, 6.45) is 1.29. The zero-order chi connectivity index (χ0) is 23.0. The standard InChI is InChI=1S/C20H17ClF3N7O/c1-10-16(21)11(2)31(28-10)15-8-14(25-9-26-15)27-19-18(32-20(23)24)17(30(3)29-19)12-4-6-13(22)7-5-12/h4-9,20H,1-3H3,(H,25,26,27,29). The Morgan fingerprint density at radius 2 is 1.81 bits per heavy atom. The maximum Gasteiger partial charge on any atom is 0.387 e. The van der Waals surface area contributed by atoms with E-state index in [1.54, 1.807) is 31.6 Å². The van der Waals surface area contributed by atoms with Crippen molar-refractivity contribution in [3.05, 3.63) is 58.9 Å². The minimum Gasteiger partial charge on any atom is -0.428 e. The van der Waals surface area contributed by atoms with Crippen LogP contribution in [0, 0.1) is 19.7 Å². The highest BCUT2D eigenvalue weighted by Gasteiger charge is 2.23. The summed E-state index contributed by atoms with van der Waals surface area (Å²) >= 11 is 6.21. The third-order valence-corrected chi connectivity index (χ3v) is 5.19. The lowest BCUT2D eigenvalue weighted by molar-refractivity contribution is -0.0490. The van der Waals surface area contributed by atoms with Crippen LogP contribution in [0.1, 0.15) is 11.4 Å². The molecule has 1 aromatic carbocycles. The topological polar surface area (TPSA) is 82.7 Å². The van der Waals surface area contributed by atoms with Gasteiger partial charge in [-0.2, -0.15) is 19.0 Å². The summed E-state index contributed by atoms with van der Waals surface area (Å²) in [5.74, 6) is 0.0255. The number of nitrogens with one attached hydrogen (secondary N) is 1. The molecule has 4 aromatic rings. The van der Waals surface area contributed by atoms with Gasteiger partial charge in [0.1, 0.15) is 23.7 Å². The fourth-order valence-corrected chi connectivity index (χ4v) is 3.33. The lowest BCUT2D eigenvalue weighted by atomic mass is 10.1. The fraction of sp³-hybridized carbons (Fsp3) is 0.200. The Morgan fingerprint density at radius 1 is 1.09 bits per heavy atom. The van der Waals surface area contributed by atoms with Crippen LogP contribution in [-0.4, -0.2) is 36.1 Å². The van der Waals surface area contributed by atoms with Crippen molar-refractivity contribution in [1.29, 1.82) is 0 Å². The molecule has 0 radical (unpaired) electrons. The summed E-state index contributed by atoms with van der Waals surface area (Å²) in [6.45, 7) is 0.460. The SMILES string of the molecule is Cc1nn(-c2cc(Nc3nn(C)c(-c4ccc(F)cc4)c3OC(F)F)ncn2)c(C)c1Cl. The first-order valence-corrected chi connectivity index (χ1v) is 9.71. The van der Waals surface area contributed by atoms with E-state index in [2.05, 4.69) is 25.5 Å². The Labute approximate surface area is 185 Å². The number of hydrogen-bond donors (Lipinski definition) is 1. The van der Waals surface area contributed by atoms with Gasteiger partial charge in [-0.3, -0.25) is 4.68 Å². The summed E-state index contributed by atoms with van der Waals surface area (Å²) in [4.78, 5) is 8.32. The van der Waals surface area contributed by atoms with E-state index in [1.807, 2.05) is 0 Å². The monoisotopic (exact) mass is 463 g/mol. The summed E-state index contributed by atoms with van der Waals surface area (Å²) in [5, 5.41) is 12.0. The zero-order valence-corrected chi connectivity index (χ0v) is 17.9. The quantitative estimate of drug-likeness (QED) is 0.441. The van der Waals surface area contributed by atoms with E-state index in [0.29, 0.717) is 27.8 Å². The maximum atomic E-state index is 13.3. The van der Waals surface area contributed by atoms with E-state index in [0.717, 1.165) is 0 Å². The van der Waals surface area contributed by atoms with Crippen molar-refractivity contribution in [1.82, 2.24) is 29.5 Å². The van der Waals surface area contributed by atoms with Gasteiger partial charge in [0.2, 0.25) is 0 Å². The van der Waals surface area contributed by atoms with Gasteiger partial charge in [0.25, 0.3) is 0 Å². The van der Waals surface area contributed by atoms with E-state index in [1.165, 1.54) is 35.3 Å². The molecule has 0 unspecified atom stereocenters. The van der Waals surface area contributed by atoms with Crippen LogP contribution in [0.3, 0.4) is 0 Å². The van der Waals surface area contributed by atoms with Gasteiger partial charge in [-0.15, -0.1) is 0 Å². The van der Waals surface area contributed by atoms with Crippen LogP contribution in [0.15, 0.2) is 36.7 Å². The van der Waals surface area contributed by atoms with E-state index < -0.39 is 12.4 Å². The van der Waals surface area contributed by atoms with Crippen molar-refractivity contribution in [3.8, 4) is 22.8 Å². The highest BCUT2D eigenvalue weighted by molar-refractivity contribution is 6.31. The Kier molecular flexibility index (Phi) is 5.74. The average molecular weight is 464 g/mol. The predicted octanol–water partition coefficient (Wildman–Crippen LogP) is 4.82. The molecule has 0 amide bonds. The first kappa shape index (κ1) is 21.6. The number of rotatable bonds is 6. The summed E-state index contributed by atoms with van der Waals surface area (Å²) < 4.78 is 47.3. The number of aromatic nitrogens is 6.